The van der Waals surface area contributed by atoms with Crippen LogP contribution in [-0.2, 0) is 0 Å². The maximum atomic E-state index is 12.1. The Balaban J connectivity index is 2.85. The van der Waals surface area contributed by atoms with Crippen LogP contribution in [0.25, 0.3) is 0 Å². The van der Waals surface area contributed by atoms with Crippen LogP contribution < -0.4 is 10.6 Å². The molecule has 1 amide bonds. The van der Waals surface area contributed by atoms with Gasteiger partial charge in [0, 0.05) is 24.2 Å². The SMILES string of the molecule is CCCCC(C)NC(=O)c1ccc(NCC)c([N+](=O)[O-])c1. The van der Waals surface area contributed by atoms with Crippen molar-refractivity contribution in [2.75, 3.05) is 11.9 Å². The summed E-state index contributed by atoms with van der Waals surface area (Å²) in [6.07, 6.45) is 3.02. The Morgan fingerprint density at radius 3 is 2.67 bits per heavy atom. The molecule has 0 heterocycles. The number of nitro groups is 1. The zero-order chi connectivity index (χ0) is 15.8. The Kier molecular flexibility index (Phi) is 6.65. The highest BCUT2D eigenvalue weighted by atomic mass is 16.6. The highest BCUT2D eigenvalue weighted by Gasteiger charge is 2.18. The number of rotatable bonds is 8. The minimum Gasteiger partial charge on any atom is -0.380 e. The smallest absolute Gasteiger partial charge is 0.293 e. The number of carbonyl (C=O) groups is 1. The second kappa shape index (κ2) is 8.24. The summed E-state index contributed by atoms with van der Waals surface area (Å²) in [4.78, 5) is 22.7. The van der Waals surface area contributed by atoms with E-state index in [0.717, 1.165) is 19.3 Å². The standard InChI is InChI=1S/C15H23N3O3/c1-4-6-7-11(3)17-15(19)12-8-9-13(16-5-2)14(10-12)18(20)21/h8-11,16H,4-7H2,1-3H3,(H,17,19). The van der Waals surface area contributed by atoms with Crippen LogP contribution in [0.1, 0.15) is 50.4 Å². The van der Waals surface area contributed by atoms with Crippen LogP contribution in [0, 0.1) is 10.1 Å². The number of benzene rings is 1. The van der Waals surface area contributed by atoms with Gasteiger partial charge in [0.25, 0.3) is 11.6 Å². The molecule has 0 radical (unpaired) electrons. The van der Waals surface area contributed by atoms with Crippen LogP contribution in [0.5, 0.6) is 0 Å². The number of nitro benzene ring substituents is 1. The van der Waals surface area contributed by atoms with Crippen molar-refractivity contribution >= 4 is 17.3 Å². The Morgan fingerprint density at radius 2 is 2.10 bits per heavy atom. The lowest BCUT2D eigenvalue weighted by atomic mass is 10.1. The first-order chi connectivity index (χ1) is 9.99. The van der Waals surface area contributed by atoms with Crippen LogP contribution in [0.3, 0.4) is 0 Å². The highest BCUT2D eigenvalue weighted by Crippen LogP contribution is 2.25. The number of hydrogen-bond donors (Lipinski definition) is 2. The number of hydrogen-bond acceptors (Lipinski definition) is 4. The van der Waals surface area contributed by atoms with Gasteiger partial charge in [-0.1, -0.05) is 19.8 Å². The summed E-state index contributed by atoms with van der Waals surface area (Å²) in [5, 5.41) is 16.9. The Labute approximate surface area is 125 Å². The molecule has 0 aromatic heterocycles. The molecular formula is C15H23N3O3. The van der Waals surface area contributed by atoms with Crippen LogP contribution >= 0.6 is 0 Å². The quantitative estimate of drug-likeness (QED) is 0.568. The van der Waals surface area contributed by atoms with E-state index in [2.05, 4.69) is 17.6 Å². The fourth-order valence-electron chi connectivity index (χ4n) is 2.05. The summed E-state index contributed by atoms with van der Waals surface area (Å²) in [6, 6.07) is 4.56. The summed E-state index contributed by atoms with van der Waals surface area (Å²) in [5.41, 5.74) is 0.662. The summed E-state index contributed by atoms with van der Waals surface area (Å²) >= 11 is 0. The van der Waals surface area contributed by atoms with Gasteiger partial charge >= 0.3 is 0 Å². The average molecular weight is 293 g/mol. The molecule has 0 bridgehead atoms. The van der Waals surface area contributed by atoms with Gasteiger partial charge < -0.3 is 10.6 Å². The first kappa shape index (κ1) is 16.9. The number of amides is 1. The molecule has 0 saturated heterocycles. The molecule has 0 aliphatic rings. The van der Waals surface area contributed by atoms with Crippen LogP contribution in [-0.4, -0.2) is 23.4 Å². The van der Waals surface area contributed by atoms with Crippen molar-refractivity contribution in [2.45, 2.75) is 46.1 Å². The summed E-state index contributed by atoms with van der Waals surface area (Å²) in [6.45, 7) is 6.48. The van der Waals surface area contributed by atoms with Gasteiger partial charge in [-0.3, -0.25) is 14.9 Å². The van der Waals surface area contributed by atoms with E-state index < -0.39 is 4.92 Å². The van der Waals surface area contributed by atoms with Gasteiger partial charge in [0.05, 0.1) is 4.92 Å². The molecular weight excluding hydrogens is 270 g/mol. The van der Waals surface area contributed by atoms with Gasteiger partial charge in [0.15, 0.2) is 0 Å². The number of nitrogens with one attached hydrogen (secondary N) is 2. The number of anilines is 1. The van der Waals surface area contributed by atoms with Gasteiger partial charge in [-0.25, -0.2) is 0 Å². The molecule has 2 N–H and O–H groups in total. The lowest BCUT2D eigenvalue weighted by Crippen LogP contribution is -2.32. The van der Waals surface area contributed by atoms with E-state index in [4.69, 9.17) is 0 Å². The molecule has 0 saturated carbocycles. The largest absolute Gasteiger partial charge is 0.380 e. The number of unbranched alkanes of at least 4 members (excludes halogenated alkanes) is 1. The van der Waals surface area contributed by atoms with Crippen LogP contribution in [0.15, 0.2) is 18.2 Å². The second-order valence-corrected chi connectivity index (χ2v) is 5.04. The summed E-state index contributed by atoms with van der Waals surface area (Å²) in [7, 11) is 0. The zero-order valence-corrected chi connectivity index (χ0v) is 12.8. The van der Waals surface area contributed by atoms with Gasteiger partial charge in [-0.15, -0.1) is 0 Å². The topological polar surface area (TPSA) is 84.3 Å². The molecule has 6 heteroatoms. The summed E-state index contributed by atoms with van der Waals surface area (Å²) < 4.78 is 0. The molecule has 1 atom stereocenters. The van der Waals surface area contributed by atoms with E-state index in [9.17, 15) is 14.9 Å². The first-order valence-corrected chi connectivity index (χ1v) is 7.32. The minimum atomic E-state index is -0.477. The van der Waals surface area contributed by atoms with Crippen molar-refractivity contribution in [1.29, 1.82) is 0 Å². The van der Waals surface area contributed by atoms with Gasteiger partial charge in [0.2, 0.25) is 0 Å². The number of nitrogens with zero attached hydrogens (tertiary/aromatic N) is 1. The third kappa shape index (κ3) is 5.06. The minimum absolute atomic E-state index is 0.0601. The molecule has 21 heavy (non-hydrogen) atoms. The third-order valence-corrected chi connectivity index (χ3v) is 3.19. The molecule has 6 nitrogen and oxygen atoms in total. The molecule has 0 aliphatic carbocycles. The normalized spacial score (nSPS) is 11.8. The van der Waals surface area contributed by atoms with Crippen molar-refractivity contribution < 1.29 is 9.72 Å². The van der Waals surface area contributed by atoms with Crippen LogP contribution in [0.2, 0.25) is 0 Å². The van der Waals surface area contributed by atoms with E-state index in [1.165, 1.54) is 6.07 Å². The van der Waals surface area contributed by atoms with Crippen LogP contribution in [0.4, 0.5) is 11.4 Å². The lowest BCUT2D eigenvalue weighted by molar-refractivity contribution is -0.384. The monoisotopic (exact) mass is 293 g/mol. The Morgan fingerprint density at radius 1 is 1.38 bits per heavy atom. The van der Waals surface area contributed by atoms with Gasteiger partial charge in [-0.05, 0) is 32.4 Å². The first-order valence-electron chi connectivity index (χ1n) is 7.32. The molecule has 1 aromatic rings. The average Bonchev–Trinajstić information content (AvgIpc) is 2.45. The fraction of sp³-hybridized carbons (Fsp3) is 0.533. The second-order valence-electron chi connectivity index (χ2n) is 5.04. The van der Waals surface area contributed by atoms with E-state index in [1.807, 2.05) is 13.8 Å². The Bertz CT molecular complexity index is 503. The van der Waals surface area contributed by atoms with Crippen molar-refractivity contribution in [2.24, 2.45) is 0 Å². The number of carbonyl (C=O) groups excluding carboxylic acids is 1. The zero-order valence-electron chi connectivity index (χ0n) is 12.8. The van der Waals surface area contributed by atoms with Crippen molar-refractivity contribution in [3.63, 3.8) is 0 Å². The third-order valence-electron chi connectivity index (χ3n) is 3.19. The summed E-state index contributed by atoms with van der Waals surface area (Å²) in [5.74, 6) is -0.273. The maximum Gasteiger partial charge on any atom is 0.293 e. The molecule has 116 valence electrons. The molecule has 1 unspecified atom stereocenters. The van der Waals surface area contributed by atoms with E-state index in [0.29, 0.717) is 17.8 Å². The van der Waals surface area contributed by atoms with Crippen molar-refractivity contribution in [3.8, 4) is 0 Å². The molecule has 0 spiro atoms. The molecule has 0 fully saturated rings. The predicted octanol–water partition coefficient (Wildman–Crippen LogP) is 3.34. The maximum absolute atomic E-state index is 12.1. The highest BCUT2D eigenvalue weighted by molar-refractivity contribution is 5.95. The van der Waals surface area contributed by atoms with E-state index in [1.54, 1.807) is 12.1 Å². The van der Waals surface area contributed by atoms with Gasteiger partial charge in [-0.2, -0.15) is 0 Å². The molecule has 1 aromatic carbocycles. The van der Waals surface area contributed by atoms with Gasteiger partial charge in [0.1, 0.15) is 5.69 Å². The molecule has 1 rings (SSSR count). The molecule has 0 aliphatic heterocycles. The Hall–Kier alpha value is -2.11. The van der Waals surface area contributed by atoms with E-state index >= 15 is 0 Å². The van der Waals surface area contributed by atoms with Crippen molar-refractivity contribution in [1.82, 2.24) is 5.32 Å². The van der Waals surface area contributed by atoms with Crippen molar-refractivity contribution in [3.05, 3.63) is 33.9 Å². The lowest BCUT2D eigenvalue weighted by Gasteiger charge is -2.13. The fourth-order valence-corrected chi connectivity index (χ4v) is 2.05. The predicted molar refractivity (Wildman–Crippen MR) is 83.7 cm³/mol. The van der Waals surface area contributed by atoms with E-state index in [-0.39, 0.29) is 17.6 Å².